The van der Waals surface area contributed by atoms with Gasteiger partial charge in [0.2, 0.25) is 5.91 Å². The molecule has 4 heteroatoms. The number of ether oxygens (including phenoxy) is 1. The van der Waals surface area contributed by atoms with Crippen LogP contribution in [0.4, 0.5) is 0 Å². The molecule has 4 nitrogen and oxygen atoms in total. The highest BCUT2D eigenvalue weighted by Gasteiger charge is 2.13. The maximum absolute atomic E-state index is 11.4. The molecule has 1 atom stereocenters. The summed E-state index contributed by atoms with van der Waals surface area (Å²) < 4.78 is 5.03. The molecule has 0 bridgehead atoms. The summed E-state index contributed by atoms with van der Waals surface area (Å²) in [7, 11) is 1.57. The van der Waals surface area contributed by atoms with Crippen molar-refractivity contribution in [1.82, 2.24) is 5.32 Å². The molecular weight excluding hydrogens is 192 g/mol. The van der Waals surface area contributed by atoms with Gasteiger partial charge >= 0.3 is 0 Å². The fourth-order valence-electron chi connectivity index (χ4n) is 1.12. The molecule has 0 aromatic rings. The predicted molar refractivity (Wildman–Crippen MR) is 61.6 cm³/mol. The summed E-state index contributed by atoms with van der Waals surface area (Å²) in [6.07, 6.45) is 1.15. The fourth-order valence-corrected chi connectivity index (χ4v) is 1.12. The fraction of sp³-hybridized carbons (Fsp3) is 0.909. The molecular formula is C11H24N2O2. The van der Waals surface area contributed by atoms with Crippen molar-refractivity contribution in [1.29, 1.82) is 0 Å². The Labute approximate surface area is 92.6 Å². The van der Waals surface area contributed by atoms with Crippen molar-refractivity contribution < 1.29 is 9.53 Å². The highest BCUT2D eigenvalue weighted by atomic mass is 16.5. The Bertz CT molecular complexity index is 184. The molecule has 0 aliphatic carbocycles. The highest BCUT2D eigenvalue weighted by Crippen LogP contribution is 2.16. The van der Waals surface area contributed by atoms with Gasteiger partial charge in [0.25, 0.3) is 0 Å². The third-order valence-corrected chi connectivity index (χ3v) is 2.21. The van der Waals surface area contributed by atoms with Gasteiger partial charge in [0.05, 0.1) is 12.5 Å². The van der Waals surface area contributed by atoms with Gasteiger partial charge in [-0.15, -0.1) is 0 Å². The van der Waals surface area contributed by atoms with Crippen LogP contribution in [-0.2, 0) is 9.53 Å². The van der Waals surface area contributed by atoms with Crippen molar-refractivity contribution in [2.75, 3.05) is 20.2 Å². The van der Waals surface area contributed by atoms with Crippen LogP contribution >= 0.6 is 0 Å². The quantitative estimate of drug-likeness (QED) is 0.693. The number of hydrogen-bond acceptors (Lipinski definition) is 3. The Hall–Kier alpha value is -0.610. The first-order valence-corrected chi connectivity index (χ1v) is 5.38. The number of nitrogens with two attached hydrogens (primary N) is 1. The van der Waals surface area contributed by atoms with E-state index in [2.05, 4.69) is 26.1 Å². The summed E-state index contributed by atoms with van der Waals surface area (Å²) in [6.45, 7) is 7.54. The van der Waals surface area contributed by atoms with Gasteiger partial charge < -0.3 is 15.8 Å². The number of carbonyl (C=O) groups excluding carboxylic acids is 1. The molecule has 1 amide bonds. The van der Waals surface area contributed by atoms with Crippen molar-refractivity contribution in [3.63, 3.8) is 0 Å². The molecule has 0 fully saturated rings. The van der Waals surface area contributed by atoms with Gasteiger partial charge in [-0.3, -0.25) is 4.79 Å². The lowest BCUT2D eigenvalue weighted by Crippen LogP contribution is -2.33. The van der Waals surface area contributed by atoms with Gasteiger partial charge in [0, 0.05) is 20.2 Å². The molecule has 15 heavy (non-hydrogen) atoms. The summed E-state index contributed by atoms with van der Waals surface area (Å²) in [5, 5.41) is 2.86. The van der Waals surface area contributed by atoms with E-state index < -0.39 is 0 Å². The molecule has 0 heterocycles. The molecule has 0 spiro atoms. The zero-order chi connectivity index (χ0) is 11.9. The molecule has 1 unspecified atom stereocenters. The minimum absolute atomic E-state index is 0.0107. The summed E-state index contributed by atoms with van der Waals surface area (Å²) in [5.41, 5.74) is 5.68. The molecule has 0 aliphatic heterocycles. The number of methoxy groups -OCH3 is 1. The lowest BCUT2D eigenvalue weighted by Gasteiger charge is -2.18. The summed E-state index contributed by atoms with van der Waals surface area (Å²) in [6, 6.07) is 0. The Morgan fingerprint density at radius 1 is 1.47 bits per heavy atom. The Morgan fingerprint density at radius 2 is 2.07 bits per heavy atom. The van der Waals surface area contributed by atoms with E-state index in [0.717, 1.165) is 6.42 Å². The smallest absolute Gasteiger partial charge is 0.222 e. The van der Waals surface area contributed by atoms with Crippen LogP contribution in [0.5, 0.6) is 0 Å². The first-order valence-electron chi connectivity index (χ1n) is 5.38. The van der Waals surface area contributed by atoms with Crippen LogP contribution < -0.4 is 11.1 Å². The van der Waals surface area contributed by atoms with Crippen molar-refractivity contribution in [3.05, 3.63) is 0 Å². The zero-order valence-corrected chi connectivity index (χ0v) is 10.3. The number of amides is 1. The highest BCUT2D eigenvalue weighted by molar-refractivity contribution is 5.76. The number of rotatable bonds is 6. The van der Waals surface area contributed by atoms with Crippen LogP contribution in [0.15, 0.2) is 0 Å². The number of hydrogen-bond donors (Lipinski definition) is 2. The molecule has 0 aromatic carbocycles. The van der Waals surface area contributed by atoms with Crippen LogP contribution in [0.25, 0.3) is 0 Å². The average molecular weight is 216 g/mol. The summed E-state index contributed by atoms with van der Waals surface area (Å²) in [5.74, 6) is 0.0107. The standard InChI is InChI=1S/C11H24N2O2/c1-11(2,3)5-6-13-10(14)7-9(8-12)15-4/h9H,5-8,12H2,1-4H3,(H,13,14). The van der Waals surface area contributed by atoms with Crippen LogP contribution in [0, 0.1) is 5.41 Å². The van der Waals surface area contributed by atoms with Crippen LogP contribution in [-0.4, -0.2) is 32.2 Å². The lowest BCUT2D eigenvalue weighted by molar-refractivity contribution is -0.123. The predicted octanol–water partition coefficient (Wildman–Crippen LogP) is 0.903. The Morgan fingerprint density at radius 3 is 2.47 bits per heavy atom. The van der Waals surface area contributed by atoms with Crippen molar-refractivity contribution in [3.8, 4) is 0 Å². The first kappa shape index (κ1) is 14.4. The monoisotopic (exact) mass is 216 g/mol. The van der Waals surface area contributed by atoms with Crippen LogP contribution in [0.3, 0.4) is 0 Å². The van der Waals surface area contributed by atoms with E-state index >= 15 is 0 Å². The van der Waals surface area contributed by atoms with E-state index in [1.165, 1.54) is 0 Å². The van der Waals surface area contributed by atoms with Crippen LogP contribution in [0.1, 0.15) is 33.6 Å². The second kappa shape index (κ2) is 6.80. The van der Waals surface area contributed by atoms with E-state index in [-0.39, 0.29) is 17.4 Å². The zero-order valence-electron chi connectivity index (χ0n) is 10.3. The third kappa shape index (κ3) is 8.39. The summed E-state index contributed by atoms with van der Waals surface area (Å²) >= 11 is 0. The SMILES string of the molecule is COC(CN)CC(=O)NCCC(C)(C)C. The molecule has 0 radical (unpaired) electrons. The van der Waals surface area contributed by atoms with Crippen molar-refractivity contribution >= 4 is 5.91 Å². The second-order valence-corrected chi connectivity index (χ2v) is 4.96. The normalized spacial score (nSPS) is 13.7. The number of carbonyl (C=O) groups is 1. The van der Waals surface area contributed by atoms with E-state index in [0.29, 0.717) is 19.5 Å². The molecule has 0 rings (SSSR count). The molecule has 0 aromatic heterocycles. The topological polar surface area (TPSA) is 64.3 Å². The maximum Gasteiger partial charge on any atom is 0.222 e. The molecule has 0 saturated carbocycles. The first-order chi connectivity index (χ1) is 6.89. The number of nitrogens with one attached hydrogen (secondary N) is 1. The third-order valence-electron chi connectivity index (χ3n) is 2.21. The van der Waals surface area contributed by atoms with Crippen molar-refractivity contribution in [2.24, 2.45) is 11.1 Å². The summed E-state index contributed by atoms with van der Waals surface area (Å²) in [4.78, 5) is 11.4. The molecule has 0 saturated heterocycles. The lowest BCUT2D eigenvalue weighted by atomic mass is 9.92. The van der Waals surface area contributed by atoms with Gasteiger partial charge in [-0.1, -0.05) is 20.8 Å². The Balaban J connectivity index is 3.66. The molecule has 0 aliphatic rings. The minimum Gasteiger partial charge on any atom is -0.380 e. The van der Waals surface area contributed by atoms with Gasteiger partial charge in [-0.25, -0.2) is 0 Å². The average Bonchev–Trinajstić information content (AvgIpc) is 2.12. The van der Waals surface area contributed by atoms with E-state index in [9.17, 15) is 4.79 Å². The minimum atomic E-state index is -0.167. The van der Waals surface area contributed by atoms with Crippen molar-refractivity contribution in [2.45, 2.75) is 39.7 Å². The second-order valence-electron chi connectivity index (χ2n) is 4.96. The largest absolute Gasteiger partial charge is 0.380 e. The molecule has 90 valence electrons. The van der Waals surface area contributed by atoms with Crippen LogP contribution in [0.2, 0.25) is 0 Å². The van der Waals surface area contributed by atoms with Gasteiger partial charge in [-0.2, -0.15) is 0 Å². The Kier molecular flexibility index (Phi) is 6.52. The van der Waals surface area contributed by atoms with Gasteiger partial charge in [0.1, 0.15) is 0 Å². The van der Waals surface area contributed by atoms with E-state index in [1.807, 2.05) is 0 Å². The van der Waals surface area contributed by atoms with Gasteiger partial charge in [0.15, 0.2) is 0 Å². The van der Waals surface area contributed by atoms with Gasteiger partial charge in [-0.05, 0) is 11.8 Å². The maximum atomic E-state index is 11.4. The molecule has 3 N–H and O–H groups in total. The van der Waals surface area contributed by atoms with E-state index in [4.69, 9.17) is 10.5 Å². The van der Waals surface area contributed by atoms with E-state index in [1.54, 1.807) is 7.11 Å².